The molecule has 0 aliphatic rings. The zero-order valence-corrected chi connectivity index (χ0v) is 21.3. The van der Waals surface area contributed by atoms with E-state index in [-0.39, 0.29) is 0 Å². The van der Waals surface area contributed by atoms with Crippen molar-refractivity contribution < 1.29 is 0 Å². The largest absolute Gasteiger partial charge is 0.308 e. The predicted octanol–water partition coefficient (Wildman–Crippen LogP) is 8.78. The molecule has 0 saturated heterocycles. The van der Waals surface area contributed by atoms with Gasteiger partial charge in [-0.05, 0) is 35.7 Å². The van der Waals surface area contributed by atoms with Crippen molar-refractivity contribution in [3.8, 4) is 23.5 Å². The summed E-state index contributed by atoms with van der Waals surface area (Å²) in [6, 6.07) is 46.0. The molecule has 4 nitrogen and oxygen atoms in total. The van der Waals surface area contributed by atoms with Gasteiger partial charge in [-0.2, -0.15) is 10.5 Å². The highest BCUT2D eigenvalue weighted by molar-refractivity contribution is 6.18. The summed E-state index contributed by atoms with van der Waals surface area (Å²) in [7, 11) is 0. The van der Waals surface area contributed by atoms with E-state index in [0.717, 1.165) is 65.8 Å². The average molecular weight is 509 g/mol. The van der Waals surface area contributed by atoms with Gasteiger partial charge >= 0.3 is 0 Å². The van der Waals surface area contributed by atoms with Crippen LogP contribution in [-0.4, -0.2) is 9.13 Å². The minimum Gasteiger partial charge on any atom is -0.308 e. The minimum atomic E-state index is 0.455. The topological polar surface area (TPSA) is 57.4 Å². The van der Waals surface area contributed by atoms with Gasteiger partial charge in [0.15, 0.2) is 0 Å². The fraction of sp³-hybridized carbons (Fsp3) is 0. The number of aromatic nitrogens is 2. The van der Waals surface area contributed by atoms with Gasteiger partial charge in [-0.15, -0.1) is 0 Å². The molecule has 8 aromatic rings. The van der Waals surface area contributed by atoms with Crippen LogP contribution in [0.5, 0.6) is 0 Å². The van der Waals surface area contributed by atoms with Crippen LogP contribution >= 0.6 is 0 Å². The lowest BCUT2D eigenvalue weighted by Gasteiger charge is -2.16. The number of para-hydroxylation sites is 3. The molecule has 0 atom stereocenters. The highest BCUT2D eigenvalue weighted by atomic mass is 15.0. The van der Waals surface area contributed by atoms with Gasteiger partial charge in [0.25, 0.3) is 0 Å². The van der Waals surface area contributed by atoms with Crippen LogP contribution in [0.1, 0.15) is 11.1 Å². The number of nitrogens with zero attached hydrogens (tertiary/aromatic N) is 4. The summed E-state index contributed by atoms with van der Waals surface area (Å²) in [5.74, 6) is 0. The van der Waals surface area contributed by atoms with Gasteiger partial charge in [-0.25, -0.2) is 0 Å². The van der Waals surface area contributed by atoms with Gasteiger partial charge < -0.3 is 9.13 Å². The molecule has 2 aromatic heterocycles. The van der Waals surface area contributed by atoms with E-state index in [4.69, 9.17) is 0 Å². The van der Waals surface area contributed by atoms with E-state index in [1.54, 1.807) is 6.07 Å². The Hall–Kier alpha value is -5.84. The van der Waals surface area contributed by atoms with Crippen molar-refractivity contribution in [2.45, 2.75) is 0 Å². The highest BCUT2D eigenvalue weighted by Gasteiger charge is 2.21. The first kappa shape index (κ1) is 22.2. The zero-order chi connectivity index (χ0) is 26.8. The maximum Gasteiger partial charge on any atom is 0.101 e. The van der Waals surface area contributed by atoms with Gasteiger partial charge in [0.05, 0.1) is 44.6 Å². The molecule has 0 saturated carbocycles. The Balaban J connectivity index is 1.57. The number of hydrogen-bond acceptors (Lipinski definition) is 2. The molecule has 0 N–H and O–H groups in total. The SMILES string of the molecule is N#Cc1cc(C#N)c(-n2c3ccccc3c3ccc4ccccc4c32)cc1-n1c2ccccc2c2ccccc21. The zero-order valence-electron chi connectivity index (χ0n) is 21.3. The molecule has 0 unspecified atom stereocenters. The second kappa shape index (κ2) is 8.33. The Kier molecular flexibility index (Phi) is 4.62. The van der Waals surface area contributed by atoms with Gasteiger partial charge in [-0.3, -0.25) is 0 Å². The highest BCUT2D eigenvalue weighted by Crippen LogP contribution is 2.39. The lowest BCUT2D eigenvalue weighted by molar-refractivity contribution is 1.12. The maximum atomic E-state index is 10.4. The van der Waals surface area contributed by atoms with Gasteiger partial charge in [0.2, 0.25) is 0 Å². The Labute approximate surface area is 229 Å². The van der Waals surface area contributed by atoms with Crippen LogP contribution in [-0.2, 0) is 0 Å². The van der Waals surface area contributed by atoms with E-state index < -0.39 is 0 Å². The standard InChI is InChI=1S/C36H20N4/c37-21-24-19-25(22-38)35(20-34(24)39-31-14-6-3-11-27(31)28-12-4-7-15-32(28)39)40-33-16-8-5-13-29(33)30-18-17-23-9-1-2-10-26(23)36(30)40/h1-20H. The molecule has 0 amide bonds. The molecule has 8 rings (SSSR count). The summed E-state index contributed by atoms with van der Waals surface area (Å²) < 4.78 is 4.35. The fourth-order valence-electron chi connectivity index (χ4n) is 6.29. The quantitative estimate of drug-likeness (QED) is 0.234. The summed E-state index contributed by atoms with van der Waals surface area (Å²) in [4.78, 5) is 0. The Bertz CT molecular complexity index is 2350. The minimum absolute atomic E-state index is 0.455. The maximum absolute atomic E-state index is 10.4. The second-order valence-corrected chi connectivity index (χ2v) is 10.0. The predicted molar refractivity (Wildman–Crippen MR) is 162 cm³/mol. The summed E-state index contributed by atoms with van der Waals surface area (Å²) in [6.45, 7) is 0. The molecule has 0 fully saturated rings. The number of hydrogen-bond donors (Lipinski definition) is 0. The summed E-state index contributed by atoms with van der Waals surface area (Å²) in [5.41, 5.74) is 6.51. The Morgan fingerprint density at radius 2 is 0.900 bits per heavy atom. The summed E-state index contributed by atoms with van der Waals surface area (Å²) in [6.07, 6.45) is 0. The first-order chi connectivity index (χ1) is 19.8. The molecular formula is C36H20N4. The van der Waals surface area contributed by atoms with Crippen molar-refractivity contribution in [1.82, 2.24) is 9.13 Å². The number of benzene rings is 6. The number of rotatable bonds is 2. The van der Waals surface area contributed by atoms with Gasteiger partial charge in [0, 0.05) is 26.9 Å². The first-order valence-corrected chi connectivity index (χ1v) is 13.2. The van der Waals surface area contributed by atoms with Crippen molar-refractivity contribution in [1.29, 1.82) is 10.5 Å². The smallest absolute Gasteiger partial charge is 0.101 e. The summed E-state index contributed by atoms with van der Waals surface area (Å²) >= 11 is 0. The van der Waals surface area contributed by atoms with E-state index in [1.807, 2.05) is 42.5 Å². The second-order valence-electron chi connectivity index (χ2n) is 10.0. The normalized spacial score (nSPS) is 11.4. The van der Waals surface area contributed by atoms with Crippen LogP contribution in [0.2, 0.25) is 0 Å². The Morgan fingerprint density at radius 3 is 1.50 bits per heavy atom. The van der Waals surface area contributed by atoms with Crippen molar-refractivity contribution in [3.63, 3.8) is 0 Å². The number of fused-ring (bicyclic) bond motifs is 8. The third-order valence-corrected chi connectivity index (χ3v) is 7.98. The van der Waals surface area contributed by atoms with Gasteiger partial charge in [0.1, 0.15) is 12.1 Å². The van der Waals surface area contributed by atoms with Crippen LogP contribution in [0.4, 0.5) is 0 Å². The van der Waals surface area contributed by atoms with Crippen molar-refractivity contribution in [2.75, 3.05) is 0 Å². The monoisotopic (exact) mass is 508 g/mol. The van der Waals surface area contributed by atoms with E-state index in [9.17, 15) is 10.5 Å². The first-order valence-electron chi connectivity index (χ1n) is 13.2. The molecule has 0 aliphatic carbocycles. The lowest BCUT2D eigenvalue weighted by atomic mass is 10.0. The van der Waals surface area contributed by atoms with Crippen molar-refractivity contribution in [2.24, 2.45) is 0 Å². The molecule has 2 heterocycles. The van der Waals surface area contributed by atoms with E-state index in [0.29, 0.717) is 11.1 Å². The lowest BCUT2D eigenvalue weighted by Crippen LogP contribution is -2.04. The van der Waals surface area contributed by atoms with E-state index in [1.165, 1.54) is 0 Å². The van der Waals surface area contributed by atoms with Crippen LogP contribution in [0, 0.1) is 22.7 Å². The molecule has 0 spiro atoms. The van der Waals surface area contributed by atoms with Crippen LogP contribution in [0.25, 0.3) is 65.8 Å². The van der Waals surface area contributed by atoms with Crippen LogP contribution in [0.15, 0.2) is 121 Å². The van der Waals surface area contributed by atoms with Crippen LogP contribution < -0.4 is 0 Å². The molecule has 184 valence electrons. The molecule has 0 radical (unpaired) electrons. The molecule has 4 heteroatoms. The third-order valence-electron chi connectivity index (χ3n) is 7.98. The fourth-order valence-corrected chi connectivity index (χ4v) is 6.29. The number of nitriles is 2. The molecule has 6 aromatic carbocycles. The van der Waals surface area contributed by atoms with Crippen molar-refractivity contribution in [3.05, 3.63) is 132 Å². The summed E-state index contributed by atoms with van der Waals surface area (Å²) in [5, 5.41) is 27.4. The average Bonchev–Trinajstić information content (AvgIpc) is 3.54. The molecule has 40 heavy (non-hydrogen) atoms. The van der Waals surface area contributed by atoms with E-state index in [2.05, 4.69) is 94.1 Å². The third kappa shape index (κ3) is 2.93. The van der Waals surface area contributed by atoms with E-state index >= 15 is 0 Å². The Morgan fingerprint density at radius 1 is 0.425 bits per heavy atom. The molecule has 0 aliphatic heterocycles. The molecule has 0 bridgehead atoms. The molecular weight excluding hydrogens is 488 g/mol. The van der Waals surface area contributed by atoms with Crippen LogP contribution in [0.3, 0.4) is 0 Å². The van der Waals surface area contributed by atoms with Crippen molar-refractivity contribution >= 4 is 54.4 Å². The van der Waals surface area contributed by atoms with Gasteiger partial charge in [-0.1, -0.05) is 91.0 Å².